The monoisotopic (exact) mass is 237 g/mol. The summed E-state index contributed by atoms with van der Waals surface area (Å²) in [5.41, 5.74) is 0.586. The Hall–Kier alpha value is -2.11. The van der Waals surface area contributed by atoms with Gasteiger partial charge >= 0.3 is 5.97 Å². The lowest BCUT2D eigenvalue weighted by atomic mass is 10.3. The van der Waals surface area contributed by atoms with Crippen molar-refractivity contribution in [1.29, 1.82) is 0 Å². The van der Waals surface area contributed by atoms with Gasteiger partial charge in [-0.25, -0.2) is 4.79 Å². The summed E-state index contributed by atoms with van der Waals surface area (Å²) < 4.78 is 6.25. The molecule has 1 N–H and O–H groups in total. The highest BCUT2D eigenvalue weighted by Crippen LogP contribution is 2.02. The van der Waals surface area contributed by atoms with Crippen LogP contribution in [-0.2, 0) is 16.1 Å². The van der Waals surface area contributed by atoms with Crippen LogP contribution in [0.4, 0.5) is 0 Å². The molecule has 0 aliphatic heterocycles. The van der Waals surface area contributed by atoms with Crippen molar-refractivity contribution in [3.8, 4) is 0 Å². The van der Waals surface area contributed by atoms with Gasteiger partial charge in [-0.3, -0.25) is 9.48 Å². The van der Waals surface area contributed by atoms with Crippen LogP contribution in [0, 0.1) is 0 Å². The molecule has 0 radical (unpaired) electrons. The molecule has 6 nitrogen and oxygen atoms in total. The maximum absolute atomic E-state index is 11.3. The van der Waals surface area contributed by atoms with Crippen molar-refractivity contribution in [3.05, 3.63) is 30.1 Å². The zero-order valence-corrected chi connectivity index (χ0v) is 9.90. The number of carbonyl (C=O) groups is 2. The van der Waals surface area contributed by atoms with Gasteiger partial charge in [0.05, 0.1) is 18.7 Å². The highest BCUT2D eigenvalue weighted by molar-refractivity contribution is 5.92. The largest absolute Gasteiger partial charge is 0.463 e. The minimum atomic E-state index is -0.454. The summed E-state index contributed by atoms with van der Waals surface area (Å²) in [5.74, 6) is -0.727. The van der Waals surface area contributed by atoms with E-state index in [0.29, 0.717) is 17.9 Å². The van der Waals surface area contributed by atoms with E-state index in [1.54, 1.807) is 19.2 Å². The molecule has 92 valence electrons. The number of nitrogens with zero attached hydrogens (tertiary/aromatic N) is 2. The Morgan fingerprint density at radius 1 is 1.59 bits per heavy atom. The maximum atomic E-state index is 11.3. The molecule has 0 saturated carbocycles. The molecular formula is C11H15N3O3. The van der Waals surface area contributed by atoms with Gasteiger partial charge in [-0.2, -0.15) is 5.10 Å². The Morgan fingerprint density at radius 2 is 2.29 bits per heavy atom. The normalized spacial score (nSPS) is 9.76. The van der Waals surface area contributed by atoms with Gasteiger partial charge in [-0.1, -0.05) is 6.58 Å². The van der Waals surface area contributed by atoms with Gasteiger partial charge in [0.25, 0.3) is 5.91 Å². The Labute approximate surface area is 99.3 Å². The number of rotatable bonds is 5. The molecule has 17 heavy (non-hydrogen) atoms. The smallest absolute Gasteiger partial charge is 0.335 e. The molecule has 0 spiro atoms. The van der Waals surface area contributed by atoms with E-state index in [1.807, 2.05) is 0 Å². The topological polar surface area (TPSA) is 73.2 Å². The molecule has 0 bridgehead atoms. The first-order chi connectivity index (χ1) is 8.08. The molecule has 1 rings (SSSR count). The molecular weight excluding hydrogens is 222 g/mol. The fourth-order valence-electron chi connectivity index (χ4n) is 1.19. The van der Waals surface area contributed by atoms with Crippen LogP contribution in [-0.4, -0.2) is 35.3 Å². The summed E-state index contributed by atoms with van der Waals surface area (Å²) in [6.07, 6.45) is 1.61. The molecule has 0 unspecified atom stereocenters. The number of esters is 1. The molecule has 1 aromatic rings. The quantitative estimate of drug-likeness (QED) is 0.593. The van der Waals surface area contributed by atoms with Crippen LogP contribution in [0.5, 0.6) is 0 Å². The highest BCUT2D eigenvalue weighted by atomic mass is 16.5. The van der Waals surface area contributed by atoms with Crippen LogP contribution in [0.1, 0.15) is 17.4 Å². The number of aromatic nitrogens is 2. The fourth-order valence-corrected chi connectivity index (χ4v) is 1.19. The third-order valence-electron chi connectivity index (χ3n) is 2.02. The van der Waals surface area contributed by atoms with E-state index in [2.05, 4.69) is 17.0 Å². The molecule has 0 aliphatic rings. The van der Waals surface area contributed by atoms with Crippen molar-refractivity contribution in [1.82, 2.24) is 15.1 Å². The standard InChI is InChI=1S/C11H15N3O3/c1-4-17-11(16)8(2)7-14-6-5-9(13-14)10(15)12-3/h5-6H,2,4,7H2,1,3H3,(H,12,15). The first-order valence-corrected chi connectivity index (χ1v) is 5.19. The second kappa shape index (κ2) is 5.83. The molecule has 0 aliphatic carbocycles. The van der Waals surface area contributed by atoms with Gasteiger partial charge in [0, 0.05) is 13.2 Å². The molecule has 0 aromatic carbocycles. The van der Waals surface area contributed by atoms with Crippen LogP contribution in [0.3, 0.4) is 0 Å². The Bertz CT molecular complexity index is 437. The van der Waals surface area contributed by atoms with E-state index in [9.17, 15) is 9.59 Å². The van der Waals surface area contributed by atoms with E-state index in [4.69, 9.17) is 4.74 Å². The van der Waals surface area contributed by atoms with E-state index in [-0.39, 0.29) is 12.5 Å². The maximum Gasteiger partial charge on any atom is 0.335 e. The number of ether oxygens (including phenoxy) is 1. The first-order valence-electron chi connectivity index (χ1n) is 5.19. The average Bonchev–Trinajstić information content (AvgIpc) is 2.76. The van der Waals surface area contributed by atoms with E-state index >= 15 is 0 Å². The lowest BCUT2D eigenvalue weighted by molar-refractivity contribution is -0.138. The molecule has 0 atom stereocenters. The summed E-state index contributed by atoms with van der Waals surface area (Å²) in [6.45, 7) is 5.84. The summed E-state index contributed by atoms with van der Waals surface area (Å²) >= 11 is 0. The molecule has 6 heteroatoms. The number of carbonyl (C=O) groups excluding carboxylic acids is 2. The summed E-state index contributed by atoms with van der Waals surface area (Å²) in [6, 6.07) is 1.57. The molecule has 0 fully saturated rings. The van der Waals surface area contributed by atoms with Gasteiger partial charge in [-0.15, -0.1) is 0 Å². The summed E-state index contributed by atoms with van der Waals surface area (Å²) in [5, 5.41) is 6.46. The molecule has 1 amide bonds. The van der Waals surface area contributed by atoms with E-state index in [0.717, 1.165) is 0 Å². The van der Waals surface area contributed by atoms with E-state index < -0.39 is 5.97 Å². The van der Waals surface area contributed by atoms with Crippen molar-refractivity contribution >= 4 is 11.9 Å². The third kappa shape index (κ3) is 3.44. The second-order valence-electron chi connectivity index (χ2n) is 3.30. The number of hydrogen-bond acceptors (Lipinski definition) is 4. The lowest BCUT2D eigenvalue weighted by Gasteiger charge is -2.05. The highest BCUT2D eigenvalue weighted by Gasteiger charge is 2.11. The van der Waals surface area contributed by atoms with Crippen molar-refractivity contribution in [2.24, 2.45) is 0 Å². The van der Waals surface area contributed by atoms with Gasteiger partial charge in [-0.05, 0) is 13.0 Å². The second-order valence-corrected chi connectivity index (χ2v) is 3.30. The van der Waals surface area contributed by atoms with Gasteiger partial charge in [0.2, 0.25) is 0 Å². The van der Waals surface area contributed by atoms with Crippen molar-refractivity contribution < 1.29 is 14.3 Å². The van der Waals surface area contributed by atoms with Crippen LogP contribution in [0.25, 0.3) is 0 Å². The number of nitrogens with one attached hydrogen (secondary N) is 1. The van der Waals surface area contributed by atoms with Crippen LogP contribution in [0.15, 0.2) is 24.4 Å². The molecule has 1 heterocycles. The molecule has 1 aromatic heterocycles. The van der Waals surface area contributed by atoms with Gasteiger partial charge in [0.15, 0.2) is 0 Å². The number of amides is 1. The lowest BCUT2D eigenvalue weighted by Crippen LogP contribution is -2.19. The zero-order valence-electron chi connectivity index (χ0n) is 9.90. The van der Waals surface area contributed by atoms with Crippen molar-refractivity contribution in [3.63, 3.8) is 0 Å². The average molecular weight is 237 g/mol. The predicted molar refractivity (Wildman–Crippen MR) is 61.4 cm³/mol. The van der Waals surface area contributed by atoms with Gasteiger partial charge in [0.1, 0.15) is 5.69 Å². The van der Waals surface area contributed by atoms with Gasteiger partial charge < -0.3 is 10.1 Å². The Kier molecular flexibility index (Phi) is 4.45. The SMILES string of the molecule is C=C(Cn1ccc(C(=O)NC)n1)C(=O)OCC. The minimum Gasteiger partial charge on any atom is -0.463 e. The minimum absolute atomic E-state index is 0.204. The Morgan fingerprint density at radius 3 is 2.88 bits per heavy atom. The third-order valence-corrected chi connectivity index (χ3v) is 2.02. The van der Waals surface area contributed by atoms with Crippen LogP contribution < -0.4 is 5.32 Å². The predicted octanol–water partition coefficient (Wildman–Crippen LogP) is 0.362. The summed E-state index contributed by atoms with van der Waals surface area (Å²) in [4.78, 5) is 22.6. The summed E-state index contributed by atoms with van der Waals surface area (Å²) in [7, 11) is 1.53. The number of hydrogen-bond donors (Lipinski definition) is 1. The van der Waals surface area contributed by atoms with Crippen LogP contribution >= 0.6 is 0 Å². The Balaban J connectivity index is 2.63. The molecule has 0 saturated heterocycles. The fraction of sp³-hybridized carbons (Fsp3) is 0.364. The van der Waals surface area contributed by atoms with Crippen molar-refractivity contribution in [2.45, 2.75) is 13.5 Å². The van der Waals surface area contributed by atoms with Crippen molar-refractivity contribution in [2.75, 3.05) is 13.7 Å². The first kappa shape index (κ1) is 13.0. The zero-order chi connectivity index (χ0) is 12.8. The van der Waals surface area contributed by atoms with E-state index in [1.165, 1.54) is 11.7 Å². The van der Waals surface area contributed by atoms with Crippen LogP contribution in [0.2, 0.25) is 0 Å².